The highest BCUT2D eigenvalue weighted by molar-refractivity contribution is 6.30. The average Bonchev–Trinajstić information content (AvgIpc) is 3.00. The van der Waals surface area contributed by atoms with Gasteiger partial charge in [0.2, 0.25) is 0 Å². The van der Waals surface area contributed by atoms with E-state index in [2.05, 4.69) is 10.4 Å². The summed E-state index contributed by atoms with van der Waals surface area (Å²) in [6.07, 6.45) is 1.75. The molecule has 5 nitrogen and oxygen atoms in total. The molecule has 1 heterocycles. The van der Waals surface area contributed by atoms with Gasteiger partial charge in [-0.25, -0.2) is 0 Å². The zero-order valence-corrected chi connectivity index (χ0v) is 15.3. The minimum atomic E-state index is -0.248. The highest BCUT2D eigenvalue weighted by Crippen LogP contribution is 2.14. The number of carbonyl (C=O) groups is 1. The topological polar surface area (TPSA) is 72.9 Å². The molecule has 26 heavy (non-hydrogen) atoms. The Bertz CT molecular complexity index is 892. The molecule has 2 aromatic carbocycles. The molecule has 0 unspecified atom stereocenters. The predicted octanol–water partition coefficient (Wildman–Crippen LogP) is 3.32. The molecule has 3 rings (SSSR count). The second-order valence-corrected chi connectivity index (χ2v) is 6.62. The van der Waals surface area contributed by atoms with Gasteiger partial charge in [-0.1, -0.05) is 54.1 Å². The van der Waals surface area contributed by atoms with Crippen LogP contribution in [0.3, 0.4) is 0 Å². The van der Waals surface area contributed by atoms with Gasteiger partial charge in [-0.3, -0.25) is 9.48 Å². The smallest absolute Gasteiger partial charge is 0.254 e. The van der Waals surface area contributed by atoms with E-state index in [0.29, 0.717) is 29.4 Å². The first-order valence-corrected chi connectivity index (χ1v) is 8.78. The van der Waals surface area contributed by atoms with Crippen LogP contribution in [-0.2, 0) is 6.54 Å². The summed E-state index contributed by atoms with van der Waals surface area (Å²) in [5.41, 5.74) is 9.37. The van der Waals surface area contributed by atoms with Crippen LogP contribution < -0.4 is 11.1 Å². The SMILES string of the molecule is Cc1nn(Cc2cccc(Cl)c2)cc1C(=O)NC[C@@H](N)c1ccccc1. The van der Waals surface area contributed by atoms with Crippen LogP contribution in [-0.4, -0.2) is 22.2 Å². The zero-order valence-electron chi connectivity index (χ0n) is 14.5. The van der Waals surface area contributed by atoms with Gasteiger partial charge < -0.3 is 11.1 Å². The number of rotatable bonds is 6. The number of nitrogens with zero attached hydrogens (tertiary/aromatic N) is 2. The van der Waals surface area contributed by atoms with Crippen molar-refractivity contribution in [2.45, 2.75) is 19.5 Å². The number of aryl methyl sites for hydroxylation is 1. The molecular formula is C20H21ClN4O. The number of halogens is 1. The van der Waals surface area contributed by atoms with E-state index in [1.807, 2.05) is 61.5 Å². The third-order valence-corrected chi connectivity index (χ3v) is 4.37. The molecule has 0 fully saturated rings. The summed E-state index contributed by atoms with van der Waals surface area (Å²) >= 11 is 6.01. The summed E-state index contributed by atoms with van der Waals surface area (Å²) in [6, 6.07) is 17.0. The lowest BCUT2D eigenvalue weighted by molar-refractivity contribution is 0.0950. The van der Waals surface area contributed by atoms with Crippen molar-refractivity contribution >= 4 is 17.5 Å². The largest absolute Gasteiger partial charge is 0.350 e. The third kappa shape index (κ3) is 4.50. The molecule has 134 valence electrons. The Hall–Kier alpha value is -2.63. The van der Waals surface area contributed by atoms with E-state index in [-0.39, 0.29) is 11.9 Å². The lowest BCUT2D eigenvalue weighted by Crippen LogP contribution is -2.32. The molecule has 0 saturated heterocycles. The highest BCUT2D eigenvalue weighted by Gasteiger charge is 2.15. The Balaban J connectivity index is 1.63. The first-order valence-electron chi connectivity index (χ1n) is 8.40. The fourth-order valence-corrected chi connectivity index (χ4v) is 2.97. The Morgan fingerprint density at radius 1 is 1.23 bits per heavy atom. The molecule has 3 aromatic rings. The van der Waals surface area contributed by atoms with Crippen molar-refractivity contribution < 1.29 is 4.79 Å². The second kappa shape index (κ2) is 8.17. The van der Waals surface area contributed by atoms with Crippen LogP contribution in [0.5, 0.6) is 0 Å². The van der Waals surface area contributed by atoms with E-state index >= 15 is 0 Å². The average molecular weight is 369 g/mol. The molecule has 0 aliphatic rings. The number of hydrogen-bond acceptors (Lipinski definition) is 3. The van der Waals surface area contributed by atoms with Crippen LogP contribution in [0.2, 0.25) is 5.02 Å². The summed E-state index contributed by atoms with van der Waals surface area (Å²) in [5, 5.41) is 7.99. The molecule has 1 amide bonds. The molecule has 0 spiro atoms. The number of nitrogens with one attached hydrogen (secondary N) is 1. The van der Waals surface area contributed by atoms with E-state index in [0.717, 1.165) is 11.1 Å². The molecule has 0 aliphatic carbocycles. The highest BCUT2D eigenvalue weighted by atomic mass is 35.5. The van der Waals surface area contributed by atoms with Crippen LogP contribution >= 0.6 is 11.6 Å². The van der Waals surface area contributed by atoms with E-state index in [1.165, 1.54) is 0 Å². The van der Waals surface area contributed by atoms with Crippen molar-refractivity contribution in [3.05, 3.63) is 88.2 Å². The predicted molar refractivity (Wildman–Crippen MR) is 103 cm³/mol. The van der Waals surface area contributed by atoms with Gasteiger partial charge in [-0.15, -0.1) is 0 Å². The lowest BCUT2D eigenvalue weighted by atomic mass is 10.1. The van der Waals surface area contributed by atoms with E-state index in [4.69, 9.17) is 17.3 Å². The van der Waals surface area contributed by atoms with Crippen molar-refractivity contribution in [2.75, 3.05) is 6.54 Å². The maximum Gasteiger partial charge on any atom is 0.254 e. The van der Waals surface area contributed by atoms with Gasteiger partial charge in [0.25, 0.3) is 5.91 Å². The van der Waals surface area contributed by atoms with E-state index in [1.54, 1.807) is 10.9 Å². The number of nitrogens with two attached hydrogens (primary N) is 1. The summed E-state index contributed by atoms with van der Waals surface area (Å²) in [4.78, 5) is 12.5. The van der Waals surface area contributed by atoms with E-state index in [9.17, 15) is 4.79 Å². The number of aromatic nitrogens is 2. The first-order chi connectivity index (χ1) is 12.5. The second-order valence-electron chi connectivity index (χ2n) is 6.18. The third-order valence-electron chi connectivity index (χ3n) is 4.13. The van der Waals surface area contributed by atoms with Crippen LogP contribution in [0.15, 0.2) is 60.8 Å². The Morgan fingerprint density at radius 3 is 2.73 bits per heavy atom. The molecular weight excluding hydrogens is 348 g/mol. The summed E-state index contributed by atoms with van der Waals surface area (Å²) in [7, 11) is 0. The minimum Gasteiger partial charge on any atom is -0.350 e. The molecule has 0 aliphatic heterocycles. The summed E-state index contributed by atoms with van der Waals surface area (Å²) in [5.74, 6) is -0.175. The van der Waals surface area contributed by atoms with Gasteiger partial charge in [-0.05, 0) is 30.2 Å². The normalized spacial score (nSPS) is 12.0. The van der Waals surface area contributed by atoms with Gasteiger partial charge in [0, 0.05) is 23.8 Å². The molecule has 6 heteroatoms. The monoisotopic (exact) mass is 368 g/mol. The number of amides is 1. The quantitative estimate of drug-likeness (QED) is 0.701. The van der Waals surface area contributed by atoms with Crippen molar-refractivity contribution in [1.82, 2.24) is 15.1 Å². The lowest BCUT2D eigenvalue weighted by Gasteiger charge is -2.12. The molecule has 0 bridgehead atoms. The van der Waals surface area contributed by atoms with Crippen molar-refractivity contribution in [3.63, 3.8) is 0 Å². The maximum atomic E-state index is 12.5. The van der Waals surface area contributed by atoms with Crippen molar-refractivity contribution in [2.24, 2.45) is 5.73 Å². The fraction of sp³-hybridized carbons (Fsp3) is 0.200. The molecule has 0 saturated carbocycles. The van der Waals surface area contributed by atoms with Crippen LogP contribution in [0.4, 0.5) is 0 Å². The standard InChI is InChI=1S/C20H21ClN4O/c1-14-18(13-25(24-14)12-15-6-5-9-17(21)10-15)20(26)23-11-19(22)16-7-3-2-4-8-16/h2-10,13,19H,11-12,22H2,1H3,(H,23,26)/t19-/m1/s1. The van der Waals surface area contributed by atoms with E-state index < -0.39 is 0 Å². The van der Waals surface area contributed by atoms with Crippen LogP contribution in [0, 0.1) is 6.92 Å². The Kier molecular flexibility index (Phi) is 5.71. The Labute approximate surface area is 157 Å². The first kappa shape index (κ1) is 18.2. The zero-order chi connectivity index (χ0) is 18.5. The van der Waals surface area contributed by atoms with Gasteiger partial charge >= 0.3 is 0 Å². The van der Waals surface area contributed by atoms with Crippen molar-refractivity contribution in [1.29, 1.82) is 0 Å². The number of hydrogen-bond donors (Lipinski definition) is 2. The van der Waals surface area contributed by atoms with Gasteiger partial charge in [0.15, 0.2) is 0 Å². The van der Waals surface area contributed by atoms with Gasteiger partial charge in [0.1, 0.15) is 0 Å². The van der Waals surface area contributed by atoms with Crippen LogP contribution in [0.25, 0.3) is 0 Å². The van der Waals surface area contributed by atoms with Gasteiger partial charge in [-0.2, -0.15) is 5.10 Å². The molecule has 1 atom stereocenters. The number of carbonyl (C=O) groups excluding carboxylic acids is 1. The molecule has 0 radical (unpaired) electrons. The Morgan fingerprint density at radius 2 is 2.00 bits per heavy atom. The fourth-order valence-electron chi connectivity index (χ4n) is 2.76. The maximum absolute atomic E-state index is 12.5. The molecule has 1 aromatic heterocycles. The summed E-state index contributed by atoms with van der Waals surface area (Å²) in [6.45, 7) is 2.74. The summed E-state index contributed by atoms with van der Waals surface area (Å²) < 4.78 is 1.74. The minimum absolute atomic E-state index is 0.175. The molecule has 3 N–H and O–H groups in total. The van der Waals surface area contributed by atoms with Crippen molar-refractivity contribution in [3.8, 4) is 0 Å². The van der Waals surface area contributed by atoms with Crippen LogP contribution in [0.1, 0.15) is 33.2 Å². The number of benzene rings is 2. The van der Waals surface area contributed by atoms with Gasteiger partial charge in [0.05, 0.1) is 17.8 Å².